The molecule has 3 aromatic rings. The van der Waals surface area contributed by atoms with Crippen LogP contribution >= 0.6 is 0 Å². The summed E-state index contributed by atoms with van der Waals surface area (Å²) in [5.74, 6) is 0.432. The second-order valence-electron chi connectivity index (χ2n) is 6.92. The topological polar surface area (TPSA) is 103 Å². The van der Waals surface area contributed by atoms with Crippen molar-refractivity contribution >= 4 is 11.6 Å². The van der Waals surface area contributed by atoms with Crippen LogP contribution in [0.25, 0.3) is 17.2 Å². The number of hydrogen-bond acceptors (Lipinski definition) is 6. The molecule has 0 aliphatic carbocycles. The molecule has 140 valence electrons. The summed E-state index contributed by atoms with van der Waals surface area (Å²) in [6, 6.07) is 7.06. The Kier molecular flexibility index (Phi) is 3.74. The lowest BCUT2D eigenvalue weighted by Gasteiger charge is -2.17. The van der Waals surface area contributed by atoms with Crippen molar-refractivity contribution in [1.82, 2.24) is 24.5 Å². The highest BCUT2D eigenvalue weighted by molar-refractivity contribution is 5.94. The molecule has 3 aromatic heterocycles. The third-order valence-corrected chi connectivity index (χ3v) is 5.18. The predicted molar refractivity (Wildman–Crippen MR) is 94.1 cm³/mol. The van der Waals surface area contributed by atoms with Crippen molar-refractivity contribution in [2.24, 2.45) is 7.05 Å². The molecule has 1 amide bonds. The standard InChI is InChI=1S/C18H19N5O4/c1-22-6-2-3-12(22)17-21-20-14-5-4-10(7-23(14)17)18(25)19-11-8-26-16-13(24)9-27-15(11)16/h2-7,11,13,15-16,24H,8-9H2,1H3,(H,19,25)/t11-,13-,15-,16-/m1/s1. The number of amides is 1. The monoisotopic (exact) mass is 369 g/mol. The van der Waals surface area contributed by atoms with Gasteiger partial charge in [-0.3, -0.25) is 9.20 Å². The third kappa shape index (κ3) is 2.62. The molecule has 5 heterocycles. The third-order valence-electron chi connectivity index (χ3n) is 5.18. The van der Waals surface area contributed by atoms with E-state index < -0.39 is 6.10 Å². The number of carbonyl (C=O) groups excluding carboxylic acids is 1. The number of nitrogens with zero attached hydrogens (tertiary/aromatic N) is 4. The number of aryl methyl sites for hydroxylation is 1. The molecule has 4 atom stereocenters. The highest BCUT2D eigenvalue weighted by Gasteiger charge is 2.47. The largest absolute Gasteiger partial charge is 0.388 e. The summed E-state index contributed by atoms with van der Waals surface area (Å²) in [7, 11) is 1.93. The van der Waals surface area contributed by atoms with Gasteiger partial charge in [0.2, 0.25) is 0 Å². The number of carbonyl (C=O) groups is 1. The van der Waals surface area contributed by atoms with E-state index in [-0.39, 0.29) is 30.8 Å². The van der Waals surface area contributed by atoms with Crippen LogP contribution in [0.15, 0.2) is 36.7 Å². The Bertz CT molecular complexity index is 1010. The SMILES string of the molecule is Cn1cccc1-c1nnc2ccc(C(=O)N[C@@H]3CO[C@H]4[C@@H]3OC[C@H]4O)cn12. The second kappa shape index (κ2) is 6.15. The summed E-state index contributed by atoms with van der Waals surface area (Å²) in [4.78, 5) is 12.8. The Labute approximate surface area is 154 Å². The van der Waals surface area contributed by atoms with Crippen molar-refractivity contribution < 1.29 is 19.4 Å². The molecule has 9 nitrogen and oxygen atoms in total. The fourth-order valence-electron chi connectivity index (χ4n) is 3.75. The maximum Gasteiger partial charge on any atom is 0.253 e. The Morgan fingerprint density at radius 2 is 2.07 bits per heavy atom. The van der Waals surface area contributed by atoms with Crippen LogP contribution in [-0.4, -0.2) is 67.7 Å². The fraction of sp³-hybridized carbons (Fsp3) is 0.389. The molecule has 2 aliphatic rings. The van der Waals surface area contributed by atoms with E-state index in [4.69, 9.17) is 9.47 Å². The van der Waals surface area contributed by atoms with Gasteiger partial charge in [-0.1, -0.05) is 0 Å². The lowest BCUT2D eigenvalue weighted by atomic mass is 10.1. The van der Waals surface area contributed by atoms with Crippen molar-refractivity contribution in [3.8, 4) is 11.5 Å². The molecule has 27 heavy (non-hydrogen) atoms. The van der Waals surface area contributed by atoms with E-state index in [1.54, 1.807) is 22.7 Å². The molecule has 2 saturated heterocycles. The molecule has 9 heteroatoms. The van der Waals surface area contributed by atoms with Crippen LogP contribution in [0.1, 0.15) is 10.4 Å². The fourth-order valence-corrected chi connectivity index (χ4v) is 3.75. The Hall–Kier alpha value is -2.75. The van der Waals surface area contributed by atoms with Gasteiger partial charge in [-0.15, -0.1) is 10.2 Å². The molecule has 0 saturated carbocycles. The van der Waals surface area contributed by atoms with E-state index in [1.165, 1.54) is 0 Å². The minimum atomic E-state index is -0.641. The normalized spacial score (nSPS) is 27.2. The highest BCUT2D eigenvalue weighted by Crippen LogP contribution is 2.27. The lowest BCUT2D eigenvalue weighted by Crippen LogP contribution is -2.44. The van der Waals surface area contributed by atoms with Crippen LogP contribution in [0.2, 0.25) is 0 Å². The van der Waals surface area contributed by atoms with Gasteiger partial charge in [-0.2, -0.15) is 0 Å². The minimum Gasteiger partial charge on any atom is -0.388 e. The van der Waals surface area contributed by atoms with Crippen LogP contribution in [0.3, 0.4) is 0 Å². The lowest BCUT2D eigenvalue weighted by molar-refractivity contribution is 0.0178. The quantitative estimate of drug-likeness (QED) is 0.673. The molecule has 2 N–H and O–H groups in total. The van der Waals surface area contributed by atoms with E-state index in [0.29, 0.717) is 23.6 Å². The average Bonchev–Trinajstić information content (AvgIpc) is 3.42. The molecule has 5 rings (SSSR count). The average molecular weight is 369 g/mol. The molecular weight excluding hydrogens is 350 g/mol. The van der Waals surface area contributed by atoms with Gasteiger partial charge in [-0.25, -0.2) is 0 Å². The zero-order valence-corrected chi connectivity index (χ0v) is 14.6. The molecule has 0 spiro atoms. The van der Waals surface area contributed by atoms with Crippen molar-refractivity contribution in [3.63, 3.8) is 0 Å². The van der Waals surface area contributed by atoms with Crippen LogP contribution in [-0.2, 0) is 16.5 Å². The van der Waals surface area contributed by atoms with Gasteiger partial charge < -0.3 is 24.5 Å². The van der Waals surface area contributed by atoms with Gasteiger partial charge in [0.1, 0.15) is 18.3 Å². The summed E-state index contributed by atoms with van der Waals surface area (Å²) in [6.07, 6.45) is 2.32. The summed E-state index contributed by atoms with van der Waals surface area (Å²) in [5.41, 5.74) is 2.05. The van der Waals surface area contributed by atoms with E-state index in [0.717, 1.165) is 5.69 Å². The van der Waals surface area contributed by atoms with Gasteiger partial charge in [0.05, 0.1) is 30.5 Å². The van der Waals surface area contributed by atoms with Crippen LogP contribution in [0.4, 0.5) is 0 Å². The number of pyridine rings is 1. The smallest absolute Gasteiger partial charge is 0.253 e. The Morgan fingerprint density at radius 1 is 1.22 bits per heavy atom. The van der Waals surface area contributed by atoms with Crippen molar-refractivity contribution in [2.45, 2.75) is 24.4 Å². The number of rotatable bonds is 3. The highest BCUT2D eigenvalue weighted by atomic mass is 16.6. The molecule has 2 aliphatic heterocycles. The predicted octanol–water partition coefficient (Wildman–Crippen LogP) is -0.00830. The van der Waals surface area contributed by atoms with Crippen molar-refractivity contribution in [1.29, 1.82) is 0 Å². The first kappa shape index (κ1) is 16.4. The number of aliphatic hydroxyl groups excluding tert-OH is 1. The first-order chi connectivity index (χ1) is 13.1. The van der Waals surface area contributed by atoms with Crippen LogP contribution in [0, 0.1) is 0 Å². The van der Waals surface area contributed by atoms with E-state index in [1.807, 2.05) is 29.9 Å². The number of fused-ring (bicyclic) bond motifs is 2. The van der Waals surface area contributed by atoms with Gasteiger partial charge >= 0.3 is 0 Å². The van der Waals surface area contributed by atoms with Crippen LogP contribution < -0.4 is 5.32 Å². The molecular formula is C18H19N5O4. The molecule has 0 unspecified atom stereocenters. The van der Waals surface area contributed by atoms with Gasteiger partial charge in [0, 0.05) is 19.4 Å². The zero-order valence-electron chi connectivity index (χ0n) is 14.6. The first-order valence-electron chi connectivity index (χ1n) is 8.80. The van der Waals surface area contributed by atoms with Crippen molar-refractivity contribution in [3.05, 3.63) is 42.2 Å². The number of nitrogens with one attached hydrogen (secondary N) is 1. The zero-order chi connectivity index (χ0) is 18.5. The van der Waals surface area contributed by atoms with Crippen molar-refractivity contribution in [2.75, 3.05) is 13.2 Å². The second-order valence-corrected chi connectivity index (χ2v) is 6.92. The number of ether oxygens (including phenoxy) is 2. The number of hydrogen-bond donors (Lipinski definition) is 2. The summed E-state index contributed by atoms with van der Waals surface area (Å²) < 4.78 is 14.9. The molecule has 2 fully saturated rings. The van der Waals surface area contributed by atoms with Gasteiger partial charge in [0.25, 0.3) is 5.91 Å². The van der Waals surface area contributed by atoms with E-state index >= 15 is 0 Å². The van der Waals surface area contributed by atoms with E-state index in [9.17, 15) is 9.90 Å². The summed E-state index contributed by atoms with van der Waals surface area (Å²) in [6.45, 7) is 0.552. The van der Waals surface area contributed by atoms with Crippen LogP contribution in [0.5, 0.6) is 0 Å². The summed E-state index contributed by atoms with van der Waals surface area (Å²) in [5, 5.41) is 21.2. The van der Waals surface area contributed by atoms with Gasteiger partial charge in [0.15, 0.2) is 11.5 Å². The number of aliphatic hydroxyl groups is 1. The first-order valence-corrected chi connectivity index (χ1v) is 8.80. The molecule has 0 radical (unpaired) electrons. The number of aromatic nitrogens is 4. The van der Waals surface area contributed by atoms with E-state index in [2.05, 4.69) is 15.5 Å². The maximum atomic E-state index is 12.8. The minimum absolute atomic E-state index is 0.231. The molecule has 0 bridgehead atoms. The molecule has 0 aromatic carbocycles. The summed E-state index contributed by atoms with van der Waals surface area (Å²) >= 11 is 0. The Morgan fingerprint density at radius 3 is 2.89 bits per heavy atom. The maximum absolute atomic E-state index is 12.8. The van der Waals surface area contributed by atoms with Gasteiger partial charge in [-0.05, 0) is 24.3 Å². The Balaban J connectivity index is 1.42.